The second-order valence-electron chi connectivity index (χ2n) is 6.14. The summed E-state index contributed by atoms with van der Waals surface area (Å²) in [5.74, 6) is -1.81. The van der Waals surface area contributed by atoms with Gasteiger partial charge in [-0.15, -0.1) is 0 Å². The summed E-state index contributed by atoms with van der Waals surface area (Å²) < 4.78 is 14.8. The van der Waals surface area contributed by atoms with Gasteiger partial charge in [0, 0.05) is 10.7 Å². The minimum absolute atomic E-state index is 0.0617. The Morgan fingerprint density at radius 3 is 1.73 bits per heavy atom. The Morgan fingerprint density at radius 2 is 1.30 bits per heavy atom. The fourth-order valence-electron chi connectivity index (χ4n) is 2.54. The third-order valence-electron chi connectivity index (χ3n) is 4.12. The standard InChI is InChI=1S/C20H18Cl3NO6/c1-9-15(21)10(2)17(23)18(16(9)22)30-8-14(25)24-13-6-11(19(26)28-3)5-12(7-13)20(27)29-4/h5-7H,8H2,1-4H3,(H,24,25). The Hall–Kier alpha value is -2.48. The highest BCUT2D eigenvalue weighted by Crippen LogP contribution is 2.42. The van der Waals surface area contributed by atoms with Crippen LogP contribution in [0.2, 0.25) is 15.1 Å². The van der Waals surface area contributed by atoms with Gasteiger partial charge in [-0.3, -0.25) is 4.79 Å². The number of carbonyl (C=O) groups is 3. The van der Waals surface area contributed by atoms with Crippen molar-refractivity contribution >= 4 is 58.3 Å². The van der Waals surface area contributed by atoms with Crippen molar-refractivity contribution in [3.63, 3.8) is 0 Å². The Morgan fingerprint density at radius 1 is 0.833 bits per heavy atom. The van der Waals surface area contributed by atoms with E-state index in [-0.39, 0.29) is 32.6 Å². The minimum Gasteiger partial charge on any atom is -0.481 e. The number of hydrogen-bond donors (Lipinski definition) is 1. The monoisotopic (exact) mass is 473 g/mol. The topological polar surface area (TPSA) is 90.9 Å². The second kappa shape index (κ2) is 10.0. The highest BCUT2D eigenvalue weighted by atomic mass is 35.5. The number of benzene rings is 2. The molecule has 0 heterocycles. The number of halogens is 3. The van der Waals surface area contributed by atoms with E-state index in [2.05, 4.69) is 14.8 Å². The zero-order chi connectivity index (χ0) is 22.6. The van der Waals surface area contributed by atoms with Gasteiger partial charge in [-0.1, -0.05) is 34.8 Å². The Kier molecular flexibility index (Phi) is 7.95. The smallest absolute Gasteiger partial charge is 0.337 e. The molecule has 0 atom stereocenters. The van der Waals surface area contributed by atoms with E-state index in [1.54, 1.807) is 13.8 Å². The summed E-state index contributed by atoms with van der Waals surface area (Å²) in [4.78, 5) is 36.0. The van der Waals surface area contributed by atoms with Crippen LogP contribution in [0.4, 0.5) is 5.69 Å². The molecule has 0 saturated carbocycles. The molecular formula is C20H18Cl3NO6. The quantitative estimate of drug-likeness (QED) is 0.602. The number of methoxy groups -OCH3 is 2. The maximum Gasteiger partial charge on any atom is 0.337 e. The summed E-state index contributed by atoms with van der Waals surface area (Å²) in [7, 11) is 2.39. The number of esters is 2. The number of hydrogen-bond acceptors (Lipinski definition) is 6. The molecule has 0 aliphatic heterocycles. The van der Waals surface area contributed by atoms with Gasteiger partial charge in [0.1, 0.15) is 0 Å². The Labute approximate surface area is 188 Å². The molecule has 160 valence electrons. The predicted octanol–water partition coefficient (Wildman–Crippen LogP) is 4.85. The van der Waals surface area contributed by atoms with Crippen LogP contribution in [-0.2, 0) is 14.3 Å². The lowest BCUT2D eigenvalue weighted by Gasteiger charge is -2.15. The maximum atomic E-state index is 12.4. The normalized spacial score (nSPS) is 10.4. The molecule has 0 fully saturated rings. The van der Waals surface area contributed by atoms with Crippen molar-refractivity contribution in [3.8, 4) is 5.75 Å². The van der Waals surface area contributed by atoms with Gasteiger partial charge in [0.2, 0.25) is 0 Å². The van der Waals surface area contributed by atoms with Crippen molar-refractivity contribution in [2.45, 2.75) is 13.8 Å². The van der Waals surface area contributed by atoms with E-state index in [0.717, 1.165) is 0 Å². The molecule has 0 aromatic heterocycles. The van der Waals surface area contributed by atoms with Gasteiger partial charge in [0.15, 0.2) is 12.4 Å². The highest BCUT2D eigenvalue weighted by Gasteiger charge is 2.19. The first kappa shape index (κ1) is 23.8. The summed E-state index contributed by atoms with van der Waals surface area (Å²) >= 11 is 18.6. The van der Waals surface area contributed by atoms with Crippen molar-refractivity contribution in [2.24, 2.45) is 0 Å². The van der Waals surface area contributed by atoms with Crippen LogP contribution in [0.3, 0.4) is 0 Å². The number of amides is 1. The largest absolute Gasteiger partial charge is 0.481 e. The van der Waals surface area contributed by atoms with Crippen molar-refractivity contribution in [3.05, 3.63) is 55.5 Å². The number of anilines is 1. The molecule has 0 saturated heterocycles. The maximum absolute atomic E-state index is 12.4. The van der Waals surface area contributed by atoms with Crippen molar-refractivity contribution in [1.29, 1.82) is 0 Å². The lowest BCUT2D eigenvalue weighted by Crippen LogP contribution is -2.21. The van der Waals surface area contributed by atoms with E-state index >= 15 is 0 Å². The van der Waals surface area contributed by atoms with Crippen LogP contribution in [-0.4, -0.2) is 38.7 Å². The number of nitrogens with one attached hydrogen (secondary N) is 1. The van der Waals surface area contributed by atoms with Gasteiger partial charge < -0.3 is 19.5 Å². The van der Waals surface area contributed by atoms with Crippen LogP contribution in [0.5, 0.6) is 5.75 Å². The van der Waals surface area contributed by atoms with Gasteiger partial charge >= 0.3 is 11.9 Å². The molecule has 0 radical (unpaired) electrons. The molecule has 1 N–H and O–H groups in total. The van der Waals surface area contributed by atoms with Crippen molar-refractivity contribution in [2.75, 3.05) is 26.1 Å². The summed E-state index contributed by atoms with van der Waals surface area (Å²) in [5, 5.41) is 3.35. The van der Waals surface area contributed by atoms with E-state index in [4.69, 9.17) is 39.5 Å². The Balaban J connectivity index is 2.23. The molecule has 0 aliphatic rings. The van der Waals surface area contributed by atoms with Gasteiger partial charge in [-0.05, 0) is 43.2 Å². The third kappa shape index (κ3) is 5.16. The minimum atomic E-state index is -0.682. The molecule has 2 aromatic rings. The van der Waals surface area contributed by atoms with Gasteiger partial charge in [0.05, 0.1) is 35.4 Å². The zero-order valence-electron chi connectivity index (χ0n) is 16.5. The molecule has 2 aromatic carbocycles. The van der Waals surface area contributed by atoms with Crippen LogP contribution in [0, 0.1) is 13.8 Å². The molecule has 10 heteroatoms. The average Bonchev–Trinajstić information content (AvgIpc) is 2.74. The zero-order valence-corrected chi connectivity index (χ0v) is 18.8. The Bertz CT molecular complexity index is 959. The first-order valence-corrected chi connectivity index (χ1v) is 9.62. The first-order chi connectivity index (χ1) is 14.1. The lowest BCUT2D eigenvalue weighted by molar-refractivity contribution is -0.118. The molecule has 0 spiro atoms. The molecule has 2 rings (SSSR count). The number of rotatable bonds is 6. The molecule has 0 aliphatic carbocycles. The summed E-state index contributed by atoms with van der Waals surface area (Å²) in [6, 6.07) is 4.00. The predicted molar refractivity (Wildman–Crippen MR) is 114 cm³/mol. The first-order valence-electron chi connectivity index (χ1n) is 8.48. The summed E-state index contributed by atoms with van der Waals surface area (Å²) in [6.45, 7) is 2.97. The van der Waals surface area contributed by atoms with Crippen LogP contribution in [0.1, 0.15) is 31.8 Å². The molecule has 7 nitrogen and oxygen atoms in total. The average molecular weight is 475 g/mol. The van der Waals surface area contributed by atoms with Crippen LogP contribution in [0.25, 0.3) is 0 Å². The van der Waals surface area contributed by atoms with E-state index in [1.807, 2.05) is 0 Å². The molecule has 0 bridgehead atoms. The van der Waals surface area contributed by atoms with Crippen molar-refractivity contribution in [1.82, 2.24) is 0 Å². The summed E-state index contributed by atoms with van der Waals surface area (Å²) in [5.41, 5.74) is 1.44. The van der Waals surface area contributed by atoms with Crippen LogP contribution < -0.4 is 10.1 Å². The van der Waals surface area contributed by atoms with E-state index < -0.39 is 24.5 Å². The second-order valence-corrected chi connectivity index (χ2v) is 7.27. The highest BCUT2D eigenvalue weighted by molar-refractivity contribution is 6.42. The number of ether oxygens (including phenoxy) is 3. The van der Waals surface area contributed by atoms with Gasteiger partial charge in [0.25, 0.3) is 5.91 Å². The van der Waals surface area contributed by atoms with E-state index in [1.165, 1.54) is 32.4 Å². The fraction of sp³-hybridized carbons (Fsp3) is 0.250. The van der Waals surface area contributed by atoms with Crippen LogP contribution in [0.15, 0.2) is 18.2 Å². The third-order valence-corrected chi connectivity index (χ3v) is 5.60. The van der Waals surface area contributed by atoms with E-state index in [0.29, 0.717) is 16.1 Å². The van der Waals surface area contributed by atoms with Gasteiger partial charge in [-0.2, -0.15) is 0 Å². The van der Waals surface area contributed by atoms with E-state index in [9.17, 15) is 14.4 Å². The fourth-order valence-corrected chi connectivity index (χ4v) is 3.36. The van der Waals surface area contributed by atoms with Crippen molar-refractivity contribution < 1.29 is 28.6 Å². The molecule has 0 unspecified atom stereocenters. The van der Waals surface area contributed by atoms with Crippen LogP contribution >= 0.6 is 34.8 Å². The van der Waals surface area contributed by atoms with Gasteiger partial charge in [-0.25, -0.2) is 9.59 Å². The lowest BCUT2D eigenvalue weighted by atomic mass is 10.1. The number of carbonyl (C=O) groups excluding carboxylic acids is 3. The molecule has 1 amide bonds. The molecule has 30 heavy (non-hydrogen) atoms. The SMILES string of the molecule is COC(=O)c1cc(NC(=O)COc2c(Cl)c(C)c(Cl)c(C)c2Cl)cc(C(=O)OC)c1. The molecular weight excluding hydrogens is 457 g/mol. The summed E-state index contributed by atoms with van der Waals surface area (Å²) in [6.07, 6.45) is 0.